The maximum atomic E-state index is 11.8. The van der Waals surface area contributed by atoms with Crippen LogP contribution in [0, 0.1) is 0 Å². The fourth-order valence-corrected chi connectivity index (χ4v) is 2.44. The van der Waals surface area contributed by atoms with Crippen molar-refractivity contribution in [3.8, 4) is 0 Å². The van der Waals surface area contributed by atoms with E-state index in [1.807, 2.05) is 0 Å². The molecule has 1 aromatic heterocycles. The Bertz CT molecular complexity index is 478. The molecular weight excluding hydrogens is 256 g/mol. The molecule has 0 aromatic carbocycles. The molecule has 0 saturated heterocycles. The van der Waals surface area contributed by atoms with Gasteiger partial charge >= 0.3 is 0 Å². The van der Waals surface area contributed by atoms with E-state index in [9.17, 15) is 9.59 Å². The van der Waals surface area contributed by atoms with Gasteiger partial charge in [-0.3, -0.25) is 9.59 Å². The topological polar surface area (TPSA) is 71.2 Å². The summed E-state index contributed by atoms with van der Waals surface area (Å²) in [6.45, 7) is 1.25. The number of pyridine rings is 1. The summed E-state index contributed by atoms with van der Waals surface area (Å²) in [5.74, 6) is -0.214. The predicted molar refractivity (Wildman–Crippen MR) is 76.8 cm³/mol. The molecule has 5 nitrogen and oxygen atoms in total. The fourth-order valence-electron chi connectivity index (χ4n) is 2.44. The molecule has 1 aromatic rings. The van der Waals surface area contributed by atoms with Crippen LogP contribution in [0.3, 0.4) is 0 Å². The van der Waals surface area contributed by atoms with E-state index >= 15 is 0 Å². The summed E-state index contributed by atoms with van der Waals surface area (Å²) in [7, 11) is 0. The summed E-state index contributed by atoms with van der Waals surface area (Å²) in [6.07, 6.45) is 8.87. The molecule has 1 aliphatic carbocycles. The van der Waals surface area contributed by atoms with Gasteiger partial charge in [0.2, 0.25) is 5.56 Å². The normalized spacial score (nSPS) is 16.0. The average molecular weight is 278 g/mol. The number of H-pyrrole nitrogens is 1. The van der Waals surface area contributed by atoms with E-state index in [1.165, 1.54) is 44.4 Å². The van der Waals surface area contributed by atoms with Gasteiger partial charge in [-0.2, -0.15) is 0 Å². The molecule has 0 aliphatic heterocycles. The van der Waals surface area contributed by atoms with Crippen molar-refractivity contribution in [3.05, 3.63) is 34.2 Å². The second-order valence-corrected chi connectivity index (χ2v) is 5.18. The van der Waals surface area contributed by atoms with Gasteiger partial charge in [-0.05, 0) is 25.3 Å². The van der Waals surface area contributed by atoms with Crippen LogP contribution in [-0.2, 0) is 4.74 Å². The zero-order valence-corrected chi connectivity index (χ0v) is 11.7. The molecule has 1 fully saturated rings. The monoisotopic (exact) mass is 278 g/mol. The lowest BCUT2D eigenvalue weighted by Gasteiger charge is -2.21. The van der Waals surface area contributed by atoms with Gasteiger partial charge in [-0.1, -0.05) is 19.3 Å². The van der Waals surface area contributed by atoms with Crippen molar-refractivity contribution in [3.63, 3.8) is 0 Å². The van der Waals surface area contributed by atoms with Crippen LogP contribution in [0.15, 0.2) is 23.1 Å². The number of hydrogen-bond acceptors (Lipinski definition) is 3. The lowest BCUT2D eigenvalue weighted by Crippen LogP contribution is -2.27. The predicted octanol–water partition coefficient (Wildman–Crippen LogP) is 1.84. The number of rotatable bonds is 6. The van der Waals surface area contributed by atoms with Gasteiger partial charge in [-0.15, -0.1) is 0 Å². The second kappa shape index (κ2) is 7.85. The highest BCUT2D eigenvalue weighted by atomic mass is 16.5. The first kappa shape index (κ1) is 14.8. The molecule has 0 atom stereocenters. The van der Waals surface area contributed by atoms with E-state index < -0.39 is 0 Å². The third kappa shape index (κ3) is 4.81. The van der Waals surface area contributed by atoms with Gasteiger partial charge in [0.05, 0.1) is 6.10 Å². The van der Waals surface area contributed by atoms with E-state index in [0.29, 0.717) is 24.8 Å². The van der Waals surface area contributed by atoms with Crippen LogP contribution in [-0.4, -0.2) is 30.1 Å². The molecule has 1 saturated carbocycles. The van der Waals surface area contributed by atoms with E-state index in [2.05, 4.69) is 10.3 Å². The molecule has 0 unspecified atom stereocenters. The standard InChI is InChI=1S/C15H22N2O3/c18-14-11-12(7-9-16-14)15(19)17-8-4-10-20-13-5-2-1-3-6-13/h7,9,11,13H,1-6,8,10H2,(H,16,18)(H,17,19). The molecule has 0 spiro atoms. The number of aromatic amines is 1. The number of nitrogens with one attached hydrogen (secondary N) is 2. The van der Waals surface area contributed by atoms with Crippen molar-refractivity contribution < 1.29 is 9.53 Å². The lowest BCUT2D eigenvalue weighted by atomic mass is 9.98. The molecule has 1 heterocycles. The van der Waals surface area contributed by atoms with Crippen LogP contribution < -0.4 is 10.9 Å². The first-order valence-electron chi connectivity index (χ1n) is 7.34. The molecule has 20 heavy (non-hydrogen) atoms. The molecule has 1 amide bonds. The van der Waals surface area contributed by atoms with Gasteiger partial charge in [0.15, 0.2) is 0 Å². The summed E-state index contributed by atoms with van der Waals surface area (Å²) in [4.78, 5) is 25.3. The first-order valence-corrected chi connectivity index (χ1v) is 7.34. The Hall–Kier alpha value is -1.62. The average Bonchev–Trinajstić information content (AvgIpc) is 2.48. The molecule has 110 valence electrons. The van der Waals surface area contributed by atoms with Crippen molar-refractivity contribution in [1.29, 1.82) is 0 Å². The third-order valence-corrected chi connectivity index (χ3v) is 3.55. The fraction of sp³-hybridized carbons (Fsp3) is 0.600. The molecule has 1 aliphatic rings. The van der Waals surface area contributed by atoms with Crippen LogP contribution in [0.4, 0.5) is 0 Å². The lowest BCUT2D eigenvalue weighted by molar-refractivity contribution is 0.0273. The van der Waals surface area contributed by atoms with E-state index in [0.717, 1.165) is 6.42 Å². The highest BCUT2D eigenvalue weighted by molar-refractivity contribution is 5.93. The number of carbonyl (C=O) groups is 1. The van der Waals surface area contributed by atoms with Crippen LogP contribution >= 0.6 is 0 Å². The Balaban J connectivity index is 1.61. The maximum absolute atomic E-state index is 11.8. The first-order chi connectivity index (χ1) is 9.75. The van der Waals surface area contributed by atoms with Crippen molar-refractivity contribution in [2.24, 2.45) is 0 Å². The Morgan fingerprint density at radius 2 is 2.15 bits per heavy atom. The second-order valence-electron chi connectivity index (χ2n) is 5.18. The Kier molecular flexibility index (Phi) is 5.80. The molecular formula is C15H22N2O3. The molecule has 5 heteroatoms. The molecule has 0 bridgehead atoms. The molecule has 2 N–H and O–H groups in total. The van der Waals surface area contributed by atoms with Crippen LogP contribution in [0.25, 0.3) is 0 Å². The van der Waals surface area contributed by atoms with Gasteiger partial charge in [0.25, 0.3) is 5.91 Å². The summed E-state index contributed by atoms with van der Waals surface area (Å²) < 4.78 is 5.78. The zero-order valence-electron chi connectivity index (χ0n) is 11.7. The van der Waals surface area contributed by atoms with E-state index in [-0.39, 0.29) is 11.5 Å². The number of ether oxygens (including phenoxy) is 1. The maximum Gasteiger partial charge on any atom is 0.251 e. The third-order valence-electron chi connectivity index (χ3n) is 3.55. The van der Waals surface area contributed by atoms with Crippen LogP contribution in [0.5, 0.6) is 0 Å². The summed E-state index contributed by atoms with van der Waals surface area (Å²) in [5.41, 5.74) is 0.125. The Labute approximate surface area is 118 Å². The zero-order chi connectivity index (χ0) is 14.2. The van der Waals surface area contributed by atoms with Crippen molar-refractivity contribution in [1.82, 2.24) is 10.3 Å². The minimum Gasteiger partial charge on any atom is -0.378 e. The quantitative estimate of drug-likeness (QED) is 0.780. The Morgan fingerprint density at radius 3 is 2.90 bits per heavy atom. The smallest absolute Gasteiger partial charge is 0.251 e. The summed E-state index contributed by atoms with van der Waals surface area (Å²) in [6, 6.07) is 2.89. The summed E-state index contributed by atoms with van der Waals surface area (Å²) >= 11 is 0. The van der Waals surface area contributed by atoms with E-state index in [4.69, 9.17) is 4.74 Å². The molecule has 0 radical (unpaired) electrons. The largest absolute Gasteiger partial charge is 0.378 e. The highest BCUT2D eigenvalue weighted by Crippen LogP contribution is 2.20. The van der Waals surface area contributed by atoms with Gasteiger partial charge in [0, 0.05) is 31.0 Å². The van der Waals surface area contributed by atoms with E-state index in [1.54, 1.807) is 6.07 Å². The minimum absolute atomic E-state index is 0.214. The Morgan fingerprint density at radius 1 is 1.35 bits per heavy atom. The van der Waals surface area contributed by atoms with Gasteiger partial charge < -0.3 is 15.0 Å². The van der Waals surface area contributed by atoms with Crippen LogP contribution in [0.2, 0.25) is 0 Å². The van der Waals surface area contributed by atoms with Gasteiger partial charge in [-0.25, -0.2) is 0 Å². The summed E-state index contributed by atoms with van der Waals surface area (Å²) in [5, 5.41) is 2.79. The van der Waals surface area contributed by atoms with Crippen LogP contribution in [0.1, 0.15) is 48.9 Å². The SMILES string of the molecule is O=C(NCCCOC1CCCCC1)c1cc[nH]c(=O)c1. The van der Waals surface area contributed by atoms with Crippen molar-refractivity contribution in [2.45, 2.75) is 44.6 Å². The number of hydrogen-bond donors (Lipinski definition) is 2. The molecule has 2 rings (SSSR count). The van der Waals surface area contributed by atoms with Gasteiger partial charge in [0.1, 0.15) is 0 Å². The number of aromatic nitrogens is 1. The minimum atomic E-state index is -0.265. The van der Waals surface area contributed by atoms with Crippen molar-refractivity contribution in [2.75, 3.05) is 13.2 Å². The number of carbonyl (C=O) groups excluding carboxylic acids is 1. The van der Waals surface area contributed by atoms with Crippen molar-refractivity contribution >= 4 is 5.91 Å². The highest BCUT2D eigenvalue weighted by Gasteiger charge is 2.13. The number of amides is 1.